The molecule has 0 aliphatic rings. The van der Waals surface area contributed by atoms with Crippen LogP contribution in [0.15, 0.2) is 47.1 Å². The Bertz CT molecular complexity index is 1000. The van der Waals surface area contributed by atoms with Crippen LogP contribution in [0.25, 0.3) is 0 Å². The lowest BCUT2D eigenvalue weighted by Gasteiger charge is -2.23. The third-order valence-corrected chi connectivity index (χ3v) is 5.01. The fourth-order valence-electron chi connectivity index (χ4n) is 3.40. The largest absolute Gasteiger partial charge is 0.467 e. The van der Waals surface area contributed by atoms with E-state index in [1.807, 2.05) is 51.1 Å². The number of nitrogens with one attached hydrogen (secondary N) is 1. The lowest BCUT2D eigenvalue weighted by Crippen LogP contribution is -2.31. The third kappa shape index (κ3) is 4.42. The number of esters is 1. The number of aromatic amines is 1. The first-order chi connectivity index (χ1) is 13.9. The topological polar surface area (TPSA) is 75.5 Å². The zero-order valence-electron chi connectivity index (χ0n) is 17.2. The first-order valence-corrected chi connectivity index (χ1v) is 9.64. The third-order valence-electron chi connectivity index (χ3n) is 5.01. The Kier molecular flexibility index (Phi) is 6.22. The summed E-state index contributed by atoms with van der Waals surface area (Å²) in [5.74, 6) is 0.225. The van der Waals surface area contributed by atoms with Crippen molar-refractivity contribution in [2.24, 2.45) is 0 Å². The molecule has 3 aromatic rings. The molecule has 0 saturated carbocycles. The van der Waals surface area contributed by atoms with Gasteiger partial charge in [-0.25, -0.2) is 4.79 Å². The molecule has 0 saturated heterocycles. The molecule has 152 valence electrons. The van der Waals surface area contributed by atoms with Crippen LogP contribution in [0.4, 0.5) is 0 Å². The van der Waals surface area contributed by atoms with E-state index >= 15 is 0 Å². The van der Waals surface area contributed by atoms with Gasteiger partial charge in [-0.15, -0.1) is 0 Å². The van der Waals surface area contributed by atoms with E-state index in [1.165, 1.54) is 0 Å². The van der Waals surface area contributed by atoms with Gasteiger partial charge in [0.1, 0.15) is 11.5 Å². The van der Waals surface area contributed by atoms with Crippen molar-refractivity contribution in [3.8, 4) is 0 Å². The summed E-state index contributed by atoms with van der Waals surface area (Å²) in [6, 6.07) is 11.2. The Morgan fingerprint density at radius 3 is 2.48 bits per heavy atom. The van der Waals surface area contributed by atoms with Crippen molar-refractivity contribution in [3.63, 3.8) is 0 Å². The summed E-state index contributed by atoms with van der Waals surface area (Å²) in [6.45, 7) is 8.45. The van der Waals surface area contributed by atoms with Gasteiger partial charge < -0.3 is 19.0 Å². The summed E-state index contributed by atoms with van der Waals surface area (Å²) in [5, 5.41) is 0. The van der Waals surface area contributed by atoms with Crippen LogP contribution >= 0.6 is 0 Å². The van der Waals surface area contributed by atoms with Crippen molar-refractivity contribution in [2.45, 2.75) is 40.8 Å². The van der Waals surface area contributed by atoms with Crippen molar-refractivity contribution in [1.82, 2.24) is 9.88 Å². The summed E-state index contributed by atoms with van der Waals surface area (Å²) < 4.78 is 10.6. The number of carbonyl (C=O) groups is 2. The molecule has 0 spiro atoms. The second-order valence-electron chi connectivity index (χ2n) is 7.00. The predicted molar refractivity (Wildman–Crippen MR) is 110 cm³/mol. The van der Waals surface area contributed by atoms with E-state index in [9.17, 15) is 9.59 Å². The van der Waals surface area contributed by atoms with Crippen molar-refractivity contribution in [3.05, 3.63) is 82.1 Å². The highest BCUT2D eigenvalue weighted by molar-refractivity contribution is 5.95. The molecular weight excluding hydrogens is 368 g/mol. The monoisotopic (exact) mass is 394 g/mol. The maximum Gasteiger partial charge on any atom is 0.355 e. The van der Waals surface area contributed by atoms with Gasteiger partial charge in [-0.05, 0) is 62.6 Å². The lowest BCUT2D eigenvalue weighted by molar-refractivity contribution is 0.0519. The zero-order chi connectivity index (χ0) is 21.0. The van der Waals surface area contributed by atoms with Crippen molar-refractivity contribution >= 4 is 11.9 Å². The molecule has 1 amide bonds. The van der Waals surface area contributed by atoms with Crippen molar-refractivity contribution in [2.75, 3.05) is 6.61 Å². The molecule has 6 nitrogen and oxygen atoms in total. The molecule has 0 aliphatic heterocycles. The van der Waals surface area contributed by atoms with Crippen LogP contribution in [0.3, 0.4) is 0 Å². The Labute approximate surface area is 170 Å². The van der Waals surface area contributed by atoms with E-state index in [1.54, 1.807) is 24.2 Å². The van der Waals surface area contributed by atoms with Crippen LogP contribution in [0.1, 0.15) is 55.9 Å². The smallest absolute Gasteiger partial charge is 0.355 e. The van der Waals surface area contributed by atoms with Crippen LogP contribution < -0.4 is 0 Å². The molecular formula is C23H26N2O4. The normalized spacial score (nSPS) is 10.8. The first kappa shape index (κ1) is 20.5. The minimum Gasteiger partial charge on any atom is -0.467 e. The molecule has 6 heteroatoms. The Morgan fingerprint density at radius 2 is 1.83 bits per heavy atom. The molecule has 0 aliphatic carbocycles. The minimum absolute atomic E-state index is 0.0859. The van der Waals surface area contributed by atoms with Crippen molar-refractivity contribution in [1.29, 1.82) is 0 Å². The predicted octanol–water partition coefficient (Wildman–Crippen LogP) is 4.55. The van der Waals surface area contributed by atoms with E-state index in [2.05, 4.69) is 4.98 Å². The molecule has 0 radical (unpaired) electrons. The number of amides is 1. The number of ether oxygens (including phenoxy) is 1. The molecule has 2 aromatic heterocycles. The SMILES string of the molecule is CCOC(=O)c1[nH]c(C)c(CN(Cc2ccco2)C(=O)c2ccccc2C)c1C. The molecule has 1 N–H and O–H groups in total. The molecule has 29 heavy (non-hydrogen) atoms. The number of furan rings is 1. The molecule has 0 atom stereocenters. The second kappa shape index (κ2) is 8.82. The highest BCUT2D eigenvalue weighted by Crippen LogP contribution is 2.23. The molecule has 1 aromatic carbocycles. The van der Waals surface area contributed by atoms with Crippen LogP contribution in [0, 0.1) is 20.8 Å². The molecule has 0 unspecified atom stereocenters. The standard InChI is InChI=1S/C23H26N2O4/c1-5-28-23(27)21-16(3)20(17(4)24-21)14-25(13-18-10-8-12-29-18)22(26)19-11-7-6-9-15(19)2/h6-12,24H,5,13-14H2,1-4H3. The van der Waals surface area contributed by atoms with Crippen molar-refractivity contribution < 1.29 is 18.7 Å². The summed E-state index contributed by atoms with van der Waals surface area (Å²) >= 11 is 0. The number of aryl methyl sites for hydroxylation is 2. The van der Waals surface area contributed by atoms with Gasteiger partial charge in [0.25, 0.3) is 5.91 Å². The minimum atomic E-state index is -0.387. The van der Waals surface area contributed by atoms with E-state index in [0.717, 1.165) is 22.4 Å². The fraction of sp³-hybridized carbons (Fsp3) is 0.304. The van der Waals surface area contributed by atoms with Crippen LogP contribution in [0.5, 0.6) is 0 Å². The van der Waals surface area contributed by atoms with Gasteiger partial charge in [0, 0.05) is 17.8 Å². The van der Waals surface area contributed by atoms with Crippen LogP contribution in [0.2, 0.25) is 0 Å². The summed E-state index contributed by atoms with van der Waals surface area (Å²) in [6.07, 6.45) is 1.59. The Balaban J connectivity index is 1.95. The van der Waals surface area contributed by atoms with E-state index in [-0.39, 0.29) is 11.9 Å². The van der Waals surface area contributed by atoms with E-state index in [0.29, 0.717) is 36.7 Å². The number of hydrogen-bond donors (Lipinski definition) is 1. The van der Waals surface area contributed by atoms with Gasteiger partial charge in [0.05, 0.1) is 19.4 Å². The highest BCUT2D eigenvalue weighted by Gasteiger charge is 2.24. The Hall–Kier alpha value is -3.28. The number of hydrogen-bond acceptors (Lipinski definition) is 4. The molecule has 2 heterocycles. The number of nitrogens with zero attached hydrogens (tertiary/aromatic N) is 1. The average molecular weight is 394 g/mol. The van der Waals surface area contributed by atoms with Gasteiger partial charge in [0.2, 0.25) is 0 Å². The van der Waals surface area contributed by atoms with E-state index in [4.69, 9.17) is 9.15 Å². The number of aromatic nitrogens is 1. The van der Waals surface area contributed by atoms with E-state index < -0.39 is 0 Å². The van der Waals surface area contributed by atoms with Gasteiger partial charge >= 0.3 is 5.97 Å². The number of benzene rings is 1. The maximum absolute atomic E-state index is 13.3. The van der Waals surface area contributed by atoms with Crippen LogP contribution in [-0.2, 0) is 17.8 Å². The summed E-state index contributed by atoms with van der Waals surface area (Å²) in [4.78, 5) is 30.4. The Morgan fingerprint density at radius 1 is 1.07 bits per heavy atom. The number of rotatable bonds is 7. The van der Waals surface area contributed by atoms with Gasteiger partial charge in [-0.2, -0.15) is 0 Å². The second-order valence-corrected chi connectivity index (χ2v) is 7.00. The fourth-order valence-corrected chi connectivity index (χ4v) is 3.40. The quantitative estimate of drug-likeness (QED) is 0.597. The van der Waals surface area contributed by atoms with Gasteiger partial charge in [-0.1, -0.05) is 18.2 Å². The molecule has 0 bridgehead atoms. The zero-order valence-corrected chi connectivity index (χ0v) is 17.2. The number of carbonyl (C=O) groups excluding carboxylic acids is 2. The van der Waals surface area contributed by atoms with Gasteiger partial charge in [-0.3, -0.25) is 4.79 Å². The lowest BCUT2D eigenvalue weighted by atomic mass is 10.1. The molecule has 0 fully saturated rings. The van der Waals surface area contributed by atoms with Gasteiger partial charge in [0.15, 0.2) is 0 Å². The molecule has 3 rings (SSSR count). The van der Waals surface area contributed by atoms with Crippen LogP contribution in [-0.4, -0.2) is 28.4 Å². The summed E-state index contributed by atoms with van der Waals surface area (Å²) in [5.41, 5.74) is 4.53. The first-order valence-electron chi connectivity index (χ1n) is 9.64. The highest BCUT2D eigenvalue weighted by atomic mass is 16.5. The maximum atomic E-state index is 13.3. The number of H-pyrrole nitrogens is 1. The summed E-state index contributed by atoms with van der Waals surface area (Å²) in [7, 11) is 0. The average Bonchev–Trinajstić information content (AvgIpc) is 3.30.